The lowest BCUT2D eigenvalue weighted by Crippen LogP contribution is -2.13. The second kappa shape index (κ2) is 7.03. The van der Waals surface area contributed by atoms with Crippen LogP contribution in [0.1, 0.15) is 17.3 Å². The SMILES string of the molecule is COC(=O)c1cc(I)c(-c2ccc(F)cc2F)cc1NC(C)=O. The third kappa shape index (κ3) is 3.84. The molecular formula is C16H12F2INO3. The Morgan fingerprint density at radius 2 is 1.83 bits per heavy atom. The molecular weight excluding hydrogens is 419 g/mol. The van der Waals surface area contributed by atoms with Gasteiger partial charge in [0.15, 0.2) is 0 Å². The lowest BCUT2D eigenvalue weighted by atomic mass is 10.0. The molecule has 0 saturated heterocycles. The van der Waals surface area contributed by atoms with Crippen molar-refractivity contribution in [1.82, 2.24) is 0 Å². The molecule has 0 atom stereocenters. The molecule has 0 aliphatic heterocycles. The van der Waals surface area contributed by atoms with Gasteiger partial charge in [-0.3, -0.25) is 4.79 Å². The molecule has 1 N–H and O–H groups in total. The van der Waals surface area contributed by atoms with E-state index in [0.717, 1.165) is 12.1 Å². The van der Waals surface area contributed by atoms with E-state index in [-0.39, 0.29) is 22.7 Å². The fourth-order valence-electron chi connectivity index (χ4n) is 2.06. The van der Waals surface area contributed by atoms with Gasteiger partial charge in [0.1, 0.15) is 11.6 Å². The van der Waals surface area contributed by atoms with Crippen molar-refractivity contribution in [2.75, 3.05) is 12.4 Å². The number of esters is 1. The zero-order chi connectivity index (χ0) is 17.1. The van der Waals surface area contributed by atoms with Gasteiger partial charge in [-0.25, -0.2) is 13.6 Å². The van der Waals surface area contributed by atoms with E-state index < -0.39 is 17.6 Å². The van der Waals surface area contributed by atoms with Crippen molar-refractivity contribution in [1.29, 1.82) is 0 Å². The summed E-state index contributed by atoms with van der Waals surface area (Å²) in [6.07, 6.45) is 0. The maximum absolute atomic E-state index is 14.0. The minimum Gasteiger partial charge on any atom is -0.465 e. The molecule has 2 rings (SSSR count). The number of nitrogens with one attached hydrogen (secondary N) is 1. The molecule has 0 aliphatic carbocycles. The molecule has 0 fully saturated rings. The Bertz CT molecular complexity index is 793. The summed E-state index contributed by atoms with van der Waals surface area (Å²) in [5.41, 5.74) is 0.945. The summed E-state index contributed by atoms with van der Waals surface area (Å²) in [6.45, 7) is 1.29. The predicted octanol–water partition coefficient (Wildman–Crippen LogP) is 3.98. The normalized spacial score (nSPS) is 10.3. The number of hydrogen-bond donors (Lipinski definition) is 1. The summed E-state index contributed by atoms with van der Waals surface area (Å²) in [5.74, 6) is -2.43. The molecule has 0 aromatic heterocycles. The number of carbonyl (C=O) groups is 2. The monoisotopic (exact) mass is 431 g/mol. The van der Waals surface area contributed by atoms with Crippen LogP contribution in [0.4, 0.5) is 14.5 Å². The standard InChI is InChI=1S/C16H12F2INO3/c1-8(21)20-15-7-11(10-4-3-9(17)5-13(10)18)14(19)6-12(15)16(22)23-2/h3-7H,1-2H3,(H,20,21). The quantitative estimate of drug-likeness (QED) is 0.591. The minimum absolute atomic E-state index is 0.151. The smallest absolute Gasteiger partial charge is 0.340 e. The van der Waals surface area contributed by atoms with Gasteiger partial charge in [-0.05, 0) is 46.9 Å². The second-order valence-electron chi connectivity index (χ2n) is 4.67. The van der Waals surface area contributed by atoms with Crippen LogP contribution in [-0.4, -0.2) is 19.0 Å². The number of benzene rings is 2. The molecule has 120 valence electrons. The molecule has 2 aromatic rings. The van der Waals surface area contributed by atoms with Crippen LogP contribution in [0.25, 0.3) is 11.1 Å². The lowest BCUT2D eigenvalue weighted by Gasteiger charge is -2.13. The van der Waals surface area contributed by atoms with Crippen molar-refractivity contribution in [3.8, 4) is 11.1 Å². The van der Waals surface area contributed by atoms with E-state index >= 15 is 0 Å². The Balaban J connectivity index is 2.65. The Labute approximate surface area is 145 Å². The molecule has 0 aliphatic rings. The summed E-state index contributed by atoms with van der Waals surface area (Å²) < 4.78 is 32.3. The van der Waals surface area contributed by atoms with E-state index in [1.54, 1.807) is 0 Å². The molecule has 23 heavy (non-hydrogen) atoms. The van der Waals surface area contributed by atoms with Crippen molar-refractivity contribution < 1.29 is 23.1 Å². The summed E-state index contributed by atoms with van der Waals surface area (Å²) >= 11 is 1.93. The van der Waals surface area contributed by atoms with Gasteiger partial charge in [0, 0.05) is 27.7 Å². The number of rotatable bonds is 3. The van der Waals surface area contributed by atoms with E-state index in [0.29, 0.717) is 9.13 Å². The maximum Gasteiger partial charge on any atom is 0.340 e. The molecule has 0 radical (unpaired) electrons. The van der Waals surface area contributed by atoms with Crippen LogP contribution < -0.4 is 5.32 Å². The Hall–Kier alpha value is -2.03. The van der Waals surface area contributed by atoms with E-state index in [4.69, 9.17) is 0 Å². The first kappa shape index (κ1) is 17.3. The molecule has 0 spiro atoms. The minimum atomic E-state index is -0.734. The van der Waals surface area contributed by atoms with Gasteiger partial charge in [-0.15, -0.1) is 0 Å². The highest BCUT2D eigenvalue weighted by Gasteiger charge is 2.18. The van der Waals surface area contributed by atoms with Gasteiger partial charge in [0.25, 0.3) is 0 Å². The average Bonchev–Trinajstić information content (AvgIpc) is 2.48. The predicted molar refractivity (Wildman–Crippen MR) is 90.2 cm³/mol. The summed E-state index contributed by atoms with van der Waals surface area (Å²) in [6, 6.07) is 6.16. The highest BCUT2D eigenvalue weighted by molar-refractivity contribution is 14.1. The fourth-order valence-corrected chi connectivity index (χ4v) is 2.82. The molecule has 0 unspecified atom stereocenters. The number of hydrogen-bond acceptors (Lipinski definition) is 3. The maximum atomic E-state index is 14.0. The van der Waals surface area contributed by atoms with Crippen molar-refractivity contribution in [3.05, 3.63) is 51.1 Å². The molecule has 0 heterocycles. The summed E-state index contributed by atoms with van der Waals surface area (Å²) in [7, 11) is 1.22. The van der Waals surface area contributed by atoms with E-state index in [1.165, 1.54) is 32.2 Å². The van der Waals surface area contributed by atoms with Crippen molar-refractivity contribution in [3.63, 3.8) is 0 Å². The van der Waals surface area contributed by atoms with Crippen LogP contribution in [0.5, 0.6) is 0 Å². The number of carbonyl (C=O) groups excluding carboxylic acids is 2. The second-order valence-corrected chi connectivity index (χ2v) is 5.84. The Morgan fingerprint density at radius 3 is 2.39 bits per heavy atom. The molecule has 7 heteroatoms. The molecule has 0 saturated carbocycles. The van der Waals surface area contributed by atoms with Crippen LogP contribution in [0.3, 0.4) is 0 Å². The van der Waals surface area contributed by atoms with Gasteiger partial charge in [0.2, 0.25) is 5.91 Å². The molecule has 4 nitrogen and oxygen atoms in total. The van der Waals surface area contributed by atoms with Gasteiger partial charge in [-0.1, -0.05) is 0 Å². The first-order chi connectivity index (χ1) is 10.8. The molecule has 0 bridgehead atoms. The van der Waals surface area contributed by atoms with Crippen LogP contribution in [0.15, 0.2) is 30.3 Å². The average molecular weight is 431 g/mol. The Morgan fingerprint density at radius 1 is 1.13 bits per heavy atom. The molecule has 1 amide bonds. The van der Waals surface area contributed by atoms with Crippen LogP contribution in [-0.2, 0) is 9.53 Å². The first-order valence-corrected chi connectivity index (χ1v) is 7.56. The summed E-state index contributed by atoms with van der Waals surface area (Å²) in [5, 5.41) is 2.52. The number of methoxy groups -OCH3 is 1. The van der Waals surface area contributed by atoms with Gasteiger partial charge in [-0.2, -0.15) is 0 Å². The third-order valence-corrected chi connectivity index (χ3v) is 3.94. The van der Waals surface area contributed by atoms with Gasteiger partial charge >= 0.3 is 5.97 Å². The zero-order valence-electron chi connectivity index (χ0n) is 12.2. The summed E-state index contributed by atoms with van der Waals surface area (Å²) in [4.78, 5) is 23.2. The highest BCUT2D eigenvalue weighted by atomic mass is 127. The van der Waals surface area contributed by atoms with Crippen molar-refractivity contribution >= 4 is 40.2 Å². The topological polar surface area (TPSA) is 55.4 Å². The number of ether oxygens (including phenoxy) is 1. The molecule has 2 aromatic carbocycles. The number of halogens is 3. The van der Waals surface area contributed by atoms with Gasteiger partial charge in [0.05, 0.1) is 18.4 Å². The lowest BCUT2D eigenvalue weighted by molar-refractivity contribution is -0.114. The fraction of sp³-hybridized carbons (Fsp3) is 0.125. The third-order valence-electron chi connectivity index (χ3n) is 3.04. The largest absolute Gasteiger partial charge is 0.465 e. The van der Waals surface area contributed by atoms with Crippen LogP contribution in [0.2, 0.25) is 0 Å². The van der Waals surface area contributed by atoms with Crippen molar-refractivity contribution in [2.24, 2.45) is 0 Å². The van der Waals surface area contributed by atoms with E-state index in [2.05, 4.69) is 10.1 Å². The number of anilines is 1. The van der Waals surface area contributed by atoms with Crippen LogP contribution in [0, 0.1) is 15.2 Å². The number of amides is 1. The first-order valence-electron chi connectivity index (χ1n) is 6.48. The van der Waals surface area contributed by atoms with Crippen molar-refractivity contribution in [2.45, 2.75) is 6.92 Å². The van der Waals surface area contributed by atoms with E-state index in [9.17, 15) is 18.4 Å². The van der Waals surface area contributed by atoms with Crippen LogP contribution >= 0.6 is 22.6 Å². The highest BCUT2D eigenvalue weighted by Crippen LogP contribution is 2.33. The Kier molecular flexibility index (Phi) is 5.30. The van der Waals surface area contributed by atoms with Gasteiger partial charge < -0.3 is 10.1 Å². The zero-order valence-corrected chi connectivity index (χ0v) is 14.4. The van der Waals surface area contributed by atoms with E-state index in [1.807, 2.05) is 22.6 Å².